The lowest BCUT2D eigenvalue weighted by Gasteiger charge is -2.31. The van der Waals surface area contributed by atoms with Crippen LogP contribution in [-0.2, 0) is 6.54 Å². The average Bonchev–Trinajstić information content (AvgIpc) is 2.76. The molecule has 0 saturated carbocycles. The lowest BCUT2D eigenvalue weighted by molar-refractivity contribution is 0.197. The zero-order valence-electron chi connectivity index (χ0n) is 11.2. The Morgan fingerprint density at radius 1 is 1.59 bits per heavy atom. The highest BCUT2D eigenvalue weighted by molar-refractivity contribution is 5.00. The standard InChI is InChI=1S/C13H24N4/c1-4-12(3)17-7-5-13(15-17)10-16-8-6-14-11(2)9-16/h5,7,11-12,14H,4,6,8-10H2,1-3H3/t11-,12?/m0/s1. The van der Waals surface area contributed by atoms with Crippen LogP contribution in [0.5, 0.6) is 0 Å². The normalized spacial score (nSPS) is 23.8. The van der Waals surface area contributed by atoms with Crippen molar-refractivity contribution in [2.75, 3.05) is 19.6 Å². The highest BCUT2D eigenvalue weighted by atomic mass is 15.3. The van der Waals surface area contributed by atoms with Crippen LogP contribution in [0.25, 0.3) is 0 Å². The number of aromatic nitrogens is 2. The van der Waals surface area contributed by atoms with E-state index in [4.69, 9.17) is 0 Å². The largest absolute Gasteiger partial charge is 0.312 e. The summed E-state index contributed by atoms with van der Waals surface area (Å²) in [6.07, 6.45) is 3.24. The summed E-state index contributed by atoms with van der Waals surface area (Å²) in [5.41, 5.74) is 1.19. The second-order valence-corrected chi connectivity index (χ2v) is 5.13. The molecule has 0 aliphatic carbocycles. The SMILES string of the molecule is CCC(C)n1ccc(CN2CCN[C@@H](C)C2)n1. The molecule has 1 unspecified atom stereocenters. The minimum absolute atomic E-state index is 0.505. The number of piperazine rings is 1. The van der Waals surface area contributed by atoms with E-state index in [9.17, 15) is 0 Å². The molecule has 2 atom stereocenters. The first-order valence-electron chi connectivity index (χ1n) is 6.68. The third-order valence-electron chi connectivity index (χ3n) is 3.54. The van der Waals surface area contributed by atoms with E-state index in [1.807, 2.05) is 0 Å². The Labute approximate surface area is 104 Å². The Balaban J connectivity index is 1.92. The molecule has 4 nitrogen and oxygen atoms in total. The van der Waals surface area contributed by atoms with Crippen molar-refractivity contribution in [3.05, 3.63) is 18.0 Å². The fourth-order valence-corrected chi connectivity index (χ4v) is 2.28. The fraction of sp³-hybridized carbons (Fsp3) is 0.769. The zero-order valence-corrected chi connectivity index (χ0v) is 11.2. The maximum Gasteiger partial charge on any atom is 0.0764 e. The molecule has 1 aliphatic rings. The first-order valence-corrected chi connectivity index (χ1v) is 6.68. The topological polar surface area (TPSA) is 33.1 Å². The summed E-state index contributed by atoms with van der Waals surface area (Å²) in [4.78, 5) is 2.48. The van der Waals surface area contributed by atoms with Crippen LogP contribution in [-0.4, -0.2) is 40.4 Å². The molecule has 1 saturated heterocycles. The zero-order chi connectivity index (χ0) is 12.3. The number of nitrogens with zero attached hydrogens (tertiary/aromatic N) is 3. The molecule has 1 aromatic rings. The van der Waals surface area contributed by atoms with E-state index in [-0.39, 0.29) is 0 Å². The van der Waals surface area contributed by atoms with Crippen molar-refractivity contribution in [3.8, 4) is 0 Å². The fourth-order valence-electron chi connectivity index (χ4n) is 2.28. The lowest BCUT2D eigenvalue weighted by Crippen LogP contribution is -2.48. The van der Waals surface area contributed by atoms with Crippen molar-refractivity contribution < 1.29 is 0 Å². The predicted octanol–water partition coefficient (Wildman–Crippen LogP) is 1.65. The summed E-state index contributed by atoms with van der Waals surface area (Å²) < 4.78 is 2.08. The van der Waals surface area contributed by atoms with Crippen LogP contribution in [0.3, 0.4) is 0 Å². The van der Waals surface area contributed by atoms with Crippen LogP contribution in [0, 0.1) is 0 Å². The molecule has 1 N–H and O–H groups in total. The third kappa shape index (κ3) is 3.30. The molecule has 2 rings (SSSR count). The smallest absolute Gasteiger partial charge is 0.0764 e. The maximum atomic E-state index is 4.65. The number of nitrogens with one attached hydrogen (secondary N) is 1. The van der Waals surface area contributed by atoms with Gasteiger partial charge in [0.15, 0.2) is 0 Å². The molecule has 0 radical (unpaired) electrons. The van der Waals surface area contributed by atoms with Gasteiger partial charge in [0.05, 0.1) is 5.69 Å². The first kappa shape index (κ1) is 12.6. The van der Waals surface area contributed by atoms with Crippen LogP contribution in [0.15, 0.2) is 12.3 Å². The third-order valence-corrected chi connectivity index (χ3v) is 3.54. The van der Waals surface area contributed by atoms with Gasteiger partial charge in [-0.25, -0.2) is 0 Å². The highest BCUT2D eigenvalue weighted by Gasteiger charge is 2.16. The molecular weight excluding hydrogens is 212 g/mol. The molecular formula is C13H24N4. The van der Waals surface area contributed by atoms with Crippen molar-refractivity contribution in [2.24, 2.45) is 0 Å². The van der Waals surface area contributed by atoms with E-state index < -0.39 is 0 Å². The van der Waals surface area contributed by atoms with Crippen molar-refractivity contribution in [3.63, 3.8) is 0 Å². The number of rotatable bonds is 4. The second-order valence-electron chi connectivity index (χ2n) is 5.13. The Morgan fingerprint density at radius 3 is 3.12 bits per heavy atom. The van der Waals surface area contributed by atoms with Crippen molar-refractivity contribution in [1.82, 2.24) is 20.0 Å². The summed E-state index contributed by atoms with van der Waals surface area (Å²) in [5, 5.41) is 8.12. The Morgan fingerprint density at radius 2 is 2.41 bits per heavy atom. The van der Waals surface area contributed by atoms with Gasteiger partial charge < -0.3 is 5.32 Å². The van der Waals surface area contributed by atoms with Gasteiger partial charge in [0.2, 0.25) is 0 Å². The van der Waals surface area contributed by atoms with Crippen molar-refractivity contribution in [1.29, 1.82) is 0 Å². The Hall–Kier alpha value is -0.870. The van der Waals surface area contributed by atoms with Gasteiger partial charge in [-0.05, 0) is 26.3 Å². The van der Waals surface area contributed by atoms with Crippen LogP contribution in [0.1, 0.15) is 38.9 Å². The first-order chi connectivity index (χ1) is 8.19. The van der Waals surface area contributed by atoms with Gasteiger partial charge in [-0.15, -0.1) is 0 Å². The second kappa shape index (κ2) is 5.65. The molecule has 1 fully saturated rings. The summed E-state index contributed by atoms with van der Waals surface area (Å²) in [5.74, 6) is 0. The highest BCUT2D eigenvalue weighted by Crippen LogP contribution is 2.11. The van der Waals surface area contributed by atoms with E-state index in [0.29, 0.717) is 12.1 Å². The van der Waals surface area contributed by atoms with Crippen LogP contribution >= 0.6 is 0 Å². The Bertz CT molecular complexity index is 347. The van der Waals surface area contributed by atoms with Crippen LogP contribution in [0.2, 0.25) is 0 Å². The molecule has 17 heavy (non-hydrogen) atoms. The van der Waals surface area contributed by atoms with Gasteiger partial charge in [-0.3, -0.25) is 9.58 Å². The summed E-state index contributed by atoms with van der Waals surface area (Å²) in [7, 11) is 0. The van der Waals surface area contributed by atoms with E-state index in [0.717, 1.165) is 32.6 Å². The molecule has 1 aliphatic heterocycles. The minimum atomic E-state index is 0.505. The maximum absolute atomic E-state index is 4.65. The summed E-state index contributed by atoms with van der Waals surface area (Å²) >= 11 is 0. The van der Waals surface area contributed by atoms with Crippen LogP contribution < -0.4 is 5.32 Å². The molecule has 2 heterocycles. The lowest BCUT2D eigenvalue weighted by atomic mass is 10.2. The van der Waals surface area contributed by atoms with Gasteiger partial charge in [-0.1, -0.05) is 6.92 Å². The van der Waals surface area contributed by atoms with E-state index in [1.165, 1.54) is 5.69 Å². The average molecular weight is 236 g/mol. The summed E-state index contributed by atoms with van der Waals surface area (Å²) in [6, 6.07) is 3.25. The quantitative estimate of drug-likeness (QED) is 0.863. The van der Waals surface area contributed by atoms with Crippen molar-refractivity contribution >= 4 is 0 Å². The summed E-state index contributed by atoms with van der Waals surface area (Å²) in [6.45, 7) is 11.0. The molecule has 0 aromatic carbocycles. The molecule has 4 heteroatoms. The molecule has 0 bridgehead atoms. The van der Waals surface area contributed by atoms with Gasteiger partial charge in [0, 0.05) is 44.5 Å². The van der Waals surface area contributed by atoms with Gasteiger partial charge in [0.25, 0.3) is 0 Å². The van der Waals surface area contributed by atoms with Crippen LogP contribution in [0.4, 0.5) is 0 Å². The predicted molar refractivity (Wildman–Crippen MR) is 70.0 cm³/mol. The molecule has 0 amide bonds. The van der Waals surface area contributed by atoms with Gasteiger partial charge >= 0.3 is 0 Å². The number of hydrogen-bond donors (Lipinski definition) is 1. The monoisotopic (exact) mass is 236 g/mol. The van der Waals surface area contributed by atoms with Gasteiger partial charge in [0.1, 0.15) is 0 Å². The molecule has 1 aromatic heterocycles. The van der Waals surface area contributed by atoms with Gasteiger partial charge in [-0.2, -0.15) is 5.10 Å². The minimum Gasteiger partial charge on any atom is -0.312 e. The Kier molecular flexibility index (Phi) is 4.18. The van der Waals surface area contributed by atoms with Crippen molar-refractivity contribution in [2.45, 2.75) is 45.8 Å². The van der Waals surface area contributed by atoms with E-state index in [2.05, 4.69) is 53.0 Å². The molecule has 0 spiro atoms. The number of hydrogen-bond acceptors (Lipinski definition) is 3. The van der Waals surface area contributed by atoms with E-state index in [1.54, 1.807) is 0 Å². The van der Waals surface area contributed by atoms with E-state index >= 15 is 0 Å². The molecule has 96 valence electrons.